The van der Waals surface area contributed by atoms with Crippen LogP contribution >= 0.6 is 0 Å². The molecule has 4 N–H and O–H groups in total. The minimum atomic E-state index is -0.416. The van der Waals surface area contributed by atoms with Crippen LogP contribution in [0.1, 0.15) is 19.8 Å². The fourth-order valence-corrected chi connectivity index (χ4v) is 1.69. The second kappa shape index (κ2) is 4.30. The van der Waals surface area contributed by atoms with Crippen molar-refractivity contribution in [2.24, 2.45) is 11.7 Å². The number of piperidine rings is 1. The van der Waals surface area contributed by atoms with Crippen LogP contribution in [-0.2, 0) is 0 Å². The van der Waals surface area contributed by atoms with Gasteiger partial charge in [0.2, 0.25) is 0 Å². The minimum Gasteiger partial charge on any atom is -0.352 e. The zero-order valence-corrected chi connectivity index (χ0v) is 7.47. The lowest BCUT2D eigenvalue weighted by Crippen LogP contribution is -2.44. The van der Waals surface area contributed by atoms with Gasteiger partial charge in [-0.25, -0.2) is 4.79 Å². The maximum Gasteiger partial charge on any atom is 0.312 e. The molecule has 1 fully saturated rings. The van der Waals surface area contributed by atoms with Gasteiger partial charge in [-0.1, -0.05) is 0 Å². The van der Waals surface area contributed by atoms with E-state index < -0.39 is 6.03 Å². The highest BCUT2D eigenvalue weighted by Gasteiger charge is 2.19. The van der Waals surface area contributed by atoms with Crippen LogP contribution in [0.3, 0.4) is 0 Å². The Balaban J connectivity index is 2.29. The van der Waals surface area contributed by atoms with E-state index in [0.29, 0.717) is 5.92 Å². The zero-order chi connectivity index (χ0) is 8.97. The first-order valence-corrected chi connectivity index (χ1v) is 4.47. The van der Waals surface area contributed by atoms with Crippen LogP contribution in [0.2, 0.25) is 0 Å². The molecule has 1 saturated heterocycles. The predicted molar refractivity (Wildman–Crippen MR) is 47.8 cm³/mol. The fraction of sp³-hybridized carbons (Fsp3) is 0.875. The molecule has 12 heavy (non-hydrogen) atoms. The first-order chi connectivity index (χ1) is 5.70. The summed E-state index contributed by atoms with van der Waals surface area (Å²) in [6.07, 6.45) is 2.25. The molecule has 1 rings (SSSR count). The smallest absolute Gasteiger partial charge is 0.312 e. The monoisotopic (exact) mass is 171 g/mol. The lowest BCUT2D eigenvalue weighted by atomic mass is 9.91. The van der Waals surface area contributed by atoms with E-state index in [4.69, 9.17) is 5.73 Å². The van der Waals surface area contributed by atoms with Crippen LogP contribution in [0.4, 0.5) is 4.79 Å². The summed E-state index contributed by atoms with van der Waals surface area (Å²) in [5.74, 6) is 0.582. The van der Waals surface area contributed by atoms with E-state index >= 15 is 0 Å². The van der Waals surface area contributed by atoms with Crippen molar-refractivity contribution in [3.8, 4) is 0 Å². The van der Waals surface area contributed by atoms with E-state index in [1.807, 2.05) is 6.92 Å². The van der Waals surface area contributed by atoms with Gasteiger partial charge in [-0.15, -0.1) is 0 Å². The molecule has 0 aromatic rings. The number of nitrogens with two attached hydrogens (primary N) is 1. The van der Waals surface area contributed by atoms with Crippen LogP contribution in [-0.4, -0.2) is 25.2 Å². The highest BCUT2D eigenvalue weighted by molar-refractivity contribution is 5.71. The average Bonchev–Trinajstić information content (AvgIpc) is 2.05. The molecular weight excluding hydrogens is 154 g/mol. The van der Waals surface area contributed by atoms with Crippen molar-refractivity contribution in [2.75, 3.05) is 13.1 Å². The third-order valence-corrected chi connectivity index (χ3v) is 2.46. The van der Waals surface area contributed by atoms with Gasteiger partial charge in [0.25, 0.3) is 0 Å². The first-order valence-electron chi connectivity index (χ1n) is 4.47. The molecule has 0 radical (unpaired) electrons. The Morgan fingerprint density at radius 3 is 2.67 bits per heavy atom. The number of hydrogen-bond acceptors (Lipinski definition) is 2. The maximum absolute atomic E-state index is 10.5. The predicted octanol–water partition coefficient (Wildman–Crippen LogP) is 0.0428. The Labute approximate surface area is 72.9 Å². The number of urea groups is 1. The Bertz CT molecular complexity index is 154. The molecule has 4 heteroatoms. The summed E-state index contributed by atoms with van der Waals surface area (Å²) in [5, 5.41) is 6.00. The van der Waals surface area contributed by atoms with Crippen molar-refractivity contribution in [3.63, 3.8) is 0 Å². The molecule has 0 aromatic heterocycles. The number of primary amides is 1. The molecule has 70 valence electrons. The van der Waals surface area contributed by atoms with Gasteiger partial charge in [-0.3, -0.25) is 0 Å². The number of carbonyl (C=O) groups excluding carboxylic acids is 1. The summed E-state index contributed by atoms with van der Waals surface area (Å²) >= 11 is 0. The molecule has 0 saturated carbocycles. The number of hydrogen-bond donors (Lipinski definition) is 3. The number of carbonyl (C=O) groups is 1. The molecule has 0 aliphatic carbocycles. The lowest BCUT2D eigenvalue weighted by Gasteiger charge is -2.28. The van der Waals surface area contributed by atoms with Crippen LogP contribution < -0.4 is 16.4 Å². The van der Waals surface area contributed by atoms with Gasteiger partial charge < -0.3 is 16.4 Å². The molecule has 2 amide bonds. The summed E-state index contributed by atoms with van der Waals surface area (Å²) < 4.78 is 0. The van der Waals surface area contributed by atoms with Gasteiger partial charge in [0.05, 0.1) is 0 Å². The van der Waals surface area contributed by atoms with E-state index in [1.54, 1.807) is 0 Å². The Kier molecular flexibility index (Phi) is 3.34. The van der Waals surface area contributed by atoms with Crippen molar-refractivity contribution in [3.05, 3.63) is 0 Å². The summed E-state index contributed by atoms with van der Waals surface area (Å²) in [4.78, 5) is 10.5. The SMILES string of the molecule is CC(NC(N)=O)C1CCNCC1. The molecule has 1 unspecified atom stereocenters. The average molecular weight is 171 g/mol. The van der Waals surface area contributed by atoms with E-state index in [-0.39, 0.29) is 6.04 Å². The van der Waals surface area contributed by atoms with Crippen LogP contribution in [0, 0.1) is 5.92 Å². The highest BCUT2D eigenvalue weighted by atomic mass is 16.2. The molecule has 1 aliphatic rings. The summed E-state index contributed by atoms with van der Waals surface area (Å²) in [7, 11) is 0. The normalized spacial score (nSPS) is 21.8. The maximum atomic E-state index is 10.5. The fourth-order valence-electron chi connectivity index (χ4n) is 1.69. The van der Waals surface area contributed by atoms with E-state index in [9.17, 15) is 4.79 Å². The number of nitrogens with one attached hydrogen (secondary N) is 2. The Morgan fingerprint density at radius 1 is 1.58 bits per heavy atom. The van der Waals surface area contributed by atoms with E-state index in [2.05, 4.69) is 10.6 Å². The van der Waals surface area contributed by atoms with Crippen LogP contribution in [0.25, 0.3) is 0 Å². The van der Waals surface area contributed by atoms with Gasteiger partial charge >= 0.3 is 6.03 Å². The van der Waals surface area contributed by atoms with Gasteiger partial charge in [0, 0.05) is 6.04 Å². The minimum absolute atomic E-state index is 0.213. The van der Waals surface area contributed by atoms with Crippen molar-refractivity contribution in [1.82, 2.24) is 10.6 Å². The quantitative estimate of drug-likeness (QED) is 0.549. The molecule has 4 nitrogen and oxygen atoms in total. The molecule has 1 aliphatic heterocycles. The van der Waals surface area contributed by atoms with Crippen molar-refractivity contribution >= 4 is 6.03 Å². The second-order valence-electron chi connectivity index (χ2n) is 3.38. The Hall–Kier alpha value is -0.770. The molecule has 0 spiro atoms. The molecule has 1 atom stereocenters. The lowest BCUT2D eigenvalue weighted by molar-refractivity contribution is 0.234. The highest BCUT2D eigenvalue weighted by Crippen LogP contribution is 2.15. The van der Waals surface area contributed by atoms with E-state index in [1.165, 1.54) is 0 Å². The van der Waals surface area contributed by atoms with Gasteiger partial charge in [-0.05, 0) is 38.8 Å². The first kappa shape index (κ1) is 9.32. The topological polar surface area (TPSA) is 67.1 Å². The Morgan fingerprint density at radius 2 is 2.17 bits per heavy atom. The van der Waals surface area contributed by atoms with Gasteiger partial charge in [0.15, 0.2) is 0 Å². The second-order valence-corrected chi connectivity index (χ2v) is 3.38. The van der Waals surface area contributed by atoms with Gasteiger partial charge in [-0.2, -0.15) is 0 Å². The number of rotatable bonds is 2. The summed E-state index contributed by atoms with van der Waals surface area (Å²) in [6.45, 7) is 4.12. The molecule has 0 aromatic carbocycles. The number of amides is 2. The zero-order valence-electron chi connectivity index (χ0n) is 7.47. The summed E-state index contributed by atoms with van der Waals surface area (Å²) in [5.41, 5.74) is 5.03. The largest absolute Gasteiger partial charge is 0.352 e. The molecular formula is C8H17N3O. The van der Waals surface area contributed by atoms with Gasteiger partial charge in [0.1, 0.15) is 0 Å². The van der Waals surface area contributed by atoms with Crippen molar-refractivity contribution < 1.29 is 4.79 Å². The third kappa shape index (κ3) is 2.70. The molecule has 0 bridgehead atoms. The van der Waals surface area contributed by atoms with Crippen LogP contribution in [0.15, 0.2) is 0 Å². The van der Waals surface area contributed by atoms with E-state index in [0.717, 1.165) is 25.9 Å². The third-order valence-electron chi connectivity index (χ3n) is 2.46. The standard InChI is InChI=1S/C8H17N3O/c1-6(11-8(9)12)7-2-4-10-5-3-7/h6-7,10H,2-5H2,1H3,(H3,9,11,12). The van der Waals surface area contributed by atoms with Crippen molar-refractivity contribution in [1.29, 1.82) is 0 Å². The molecule has 1 heterocycles. The summed E-state index contributed by atoms with van der Waals surface area (Å²) in [6, 6.07) is -0.203. The van der Waals surface area contributed by atoms with Crippen molar-refractivity contribution in [2.45, 2.75) is 25.8 Å². The van der Waals surface area contributed by atoms with Crippen LogP contribution in [0.5, 0.6) is 0 Å².